The molecule has 1 atom stereocenters. The van der Waals surface area contributed by atoms with Crippen molar-refractivity contribution in [3.8, 4) is 16.9 Å². The van der Waals surface area contributed by atoms with Crippen molar-refractivity contribution < 1.29 is 13.9 Å². The van der Waals surface area contributed by atoms with Crippen LogP contribution in [0, 0.1) is 5.82 Å². The molecule has 1 aliphatic heterocycles. The standard InChI is InChI=1S/C29H25FN2O2/c30-26-10-6-20(7-11-26)8-12-27(21-4-2-1-3-5-21)32-29(33)25-17-24(18-31-19-25)22-9-13-28-23(16-22)14-15-34-28/h1-7,9-11,13,16-19,27H,8,12,14-15H2,(H,32,33). The molecule has 1 aromatic heterocycles. The third kappa shape index (κ3) is 4.99. The van der Waals surface area contributed by atoms with Gasteiger partial charge in [-0.3, -0.25) is 9.78 Å². The first-order valence-electron chi connectivity index (χ1n) is 11.5. The molecule has 3 aromatic carbocycles. The number of halogens is 1. The molecular formula is C29H25FN2O2. The average molecular weight is 453 g/mol. The molecule has 5 rings (SSSR count). The van der Waals surface area contributed by atoms with Crippen LogP contribution in [-0.2, 0) is 12.8 Å². The Morgan fingerprint density at radius 1 is 0.971 bits per heavy atom. The van der Waals surface area contributed by atoms with Crippen LogP contribution in [0.1, 0.15) is 39.5 Å². The molecule has 1 aliphatic rings. The molecule has 1 unspecified atom stereocenters. The van der Waals surface area contributed by atoms with Crippen molar-refractivity contribution in [2.24, 2.45) is 0 Å². The molecule has 0 spiro atoms. The molecule has 0 aliphatic carbocycles. The third-order valence-electron chi connectivity index (χ3n) is 6.17. The van der Waals surface area contributed by atoms with Gasteiger partial charge in [-0.2, -0.15) is 0 Å². The summed E-state index contributed by atoms with van der Waals surface area (Å²) in [5.74, 6) is 0.504. The third-order valence-corrected chi connectivity index (χ3v) is 6.17. The fourth-order valence-corrected chi connectivity index (χ4v) is 4.30. The maximum absolute atomic E-state index is 13.3. The summed E-state index contributed by atoms with van der Waals surface area (Å²) in [5, 5.41) is 3.18. The second kappa shape index (κ2) is 9.87. The van der Waals surface area contributed by atoms with Gasteiger partial charge in [0.1, 0.15) is 11.6 Å². The van der Waals surface area contributed by atoms with Gasteiger partial charge >= 0.3 is 0 Å². The number of aryl methyl sites for hydroxylation is 1. The number of aromatic nitrogens is 1. The molecule has 170 valence electrons. The van der Waals surface area contributed by atoms with Gasteiger partial charge < -0.3 is 10.1 Å². The van der Waals surface area contributed by atoms with E-state index in [2.05, 4.69) is 16.4 Å². The number of nitrogens with zero attached hydrogens (tertiary/aromatic N) is 1. The number of ether oxygens (including phenoxy) is 1. The van der Waals surface area contributed by atoms with Crippen LogP contribution in [0.4, 0.5) is 4.39 Å². The fourth-order valence-electron chi connectivity index (χ4n) is 4.30. The number of nitrogens with one attached hydrogen (secondary N) is 1. The van der Waals surface area contributed by atoms with Crippen LogP contribution in [0.3, 0.4) is 0 Å². The molecule has 4 aromatic rings. The van der Waals surface area contributed by atoms with E-state index in [4.69, 9.17) is 4.74 Å². The van der Waals surface area contributed by atoms with Crippen LogP contribution in [0.2, 0.25) is 0 Å². The summed E-state index contributed by atoms with van der Waals surface area (Å²) in [5.41, 5.74) is 5.66. The van der Waals surface area contributed by atoms with E-state index < -0.39 is 0 Å². The molecule has 5 heteroatoms. The van der Waals surface area contributed by atoms with Gasteiger partial charge in [0.2, 0.25) is 0 Å². The number of fused-ring (bicyclic) bond motifs is 1. The zero-order valence-electron chi connectivity index (χ0n) is 18.7. The number of hydrogen-bond donors (Lipinski definition) is 1. The second-order valence-electron chi connectivity index (χ2n) is 8.49. The lowest BCUT2D eigenvalue weighted by atomic mass is 9.98. The van der Waals surface area contributed by atoms with Gasteiger partial charge in [0.25, 0.3) is 5.91 Å². The molecule has 1 N–H and O–H groups in total. The lowest BCUT2D eigenvalue weighted by Crippen LogP contribution is -2.29. The van der Waals surface area contributed by atoms with E-state index in [1.54, 1.807) is 24.5 Å². The highest BCUT2D eigenvalue weighted by atomic mass is 19.1. The predicted molar refractivity (Wildman–Crippen MR) is 130 cm³/mol. The number of pyridine rings is 1. The Kier molecular flexibility index (Phi) is 6.34. The van der Waals surface area contributed by atoms with Crippen LogP contribution in [0.15, 0.2) is 91.3 Å². The first kappa shape index (κ1) is 21.8. The Morgan fingerprint density at radius 2 is 1.79 bits per heavy atom. The zero-order chi connectivity index (χ0) is 23.3. The van der Waals surface area contributed by atoms with E-state index in [9.17, 15) is 9.18 Å². The fraction of sp³-hybridized carbons (Fsp3) is 0.172. The number of carbonyl (C=O) groups is 1. The summed E-state index contributed by atoms with van der Waals surface area (Å²) in [6.45, 7) is 0.707. The van der Waals surface area contributed by atoms with Crippen molar-refractivity contribution in [3.63, 3.8) is 0 Å². The summed E-state index contributed by atoms with van der Waals surface area (Å²) in [6.07, 6.45) is 5.67. The second-order valence-corrected chi connectivity index (χ2v) is 8.49. The van der Waals surface area contributed by atoms with Gasteiger partial charge in [0.15, 0.2) is 0 Å². The summed E-state index contributed by atoms with van der Waals surface area (Å²) in [7, 11) is 0. The van der Waals surface area contributed by atoms with Crippen LogP contribution in [0.5, 0.6) is 5.75 Å². The Morgan fingerprint density at radius 3 is 2.62 bits per heavy atom. The van der Waals surface area contributed by atoms with Crippen molar-refractivity contribution in [1.82, 2.24) is 10.3 Å². The molecule has 0 fully saturated rings. The summed E-state index contributed by atoms with van der Waals surface area (Å²) in [6, 6.07) is 24.2. The quantitative estimate of drug-likeness (QED) is 0.378. The normalized spacial score (nSPS) is 13.1. The Bertz CT molecular complexity index is 1290. The Hall–Kier alpha value is -3.99. The van der Waals surface area contributed by atoms with Crippen LogP contribution in [0.25, 0.3) is 11.1 Å². The number of hydrogen-bond acceptors (Lipinski definition) is 3. The molecular weight excluding hydrogens is 427 g/mol. The highest BCUT2D eigenvalue weighted by Gasteiger charge is 2.18. The molecule has 2 heterocycles. The smallest absolute Gasteiger partial charge is 0.253 e. The van der Waals surface area contributed by atoms with Gasteiger partial charge in [0, 0.05) is 24.4 Å². The molecule has 0 radical (unpaired) electrons. The summed E-state index contributed by atoms with van der Waals surface area (Å²) < 4.78 is 18.9. The molecule has 34 heavy (non-hydrogen) atoms. The van der Waals surface area contributed by atoms with Crippen molar-refractivity contribution >= 4 is 5.91 Å². The monoisotopic (exact) mass is 452 g/mol. The molecule has 0 saturated carbocycles. The van der Waals surface area contributed by atoms with E-state index in [1.807, 2.05) is 48.5 Å². The lowest BCUT2D eigenvalue weighted by Gasteiger charge is -2.20. The van der Waals surface area contributed by atoms with Crippen molar-refractivity contribution in [3.05, 3.63) is 119 Å². The van der Waals surface area contributed by atoms with Gasteiger partial charge in [0.05, 0.1) is 18.2 Å². The zero-order valence-corrected chi connectivity index (χ0v) is 18.7. The Labute approximate surface area is 198 Å². The maximum atomic E-state index is 13.3. The van der Waals surface area contributed by atoms with Crippen LogP contribution in [-0.4, -0.2) is 17.5 Å². The average Bonchev–Trinajstić information content (AvgIpc) is 3.36. The molecule has 0 bridgehead atoms. The predicted octanol–water partition coefficient (Wildman–Crippen LogP) is 5.93. The van der Waals surface area contributed by atoms with Gasteiger partial charge in [-0.25, -0.2) is 4.39 Å². The lowest BCUT2D eigenvalue weighted by molar-refractivity contribution is 0.0934. The summed E-state index contributed by atoms with van der Waals surface area (Å²) >= 11 is 0. The summed E-state index contributed by atoms with van der Waals surface area (Å²) in [4.78, 5) is 17.6. The van der Waals surface area contributed by atoms with E-state index in [0.29, 0.717) is 18.6 Å². The largest absolute Gasteiger partial charge is 0.493 e. The highest BCUT2D eigenvalue weighted by molar-refractivity contribution is 5.95. The first-order valence-corrected chi connectivity index (χ1v) is 11.5. The Balaban J connectivity index is 1.34. The number of benzene rings is 3. The molecule has 1 amide bonds. The first-order chi connectivity index (χ1) is 16.7. The topological polar surface area (TPSA) is 51.2 Å². The maximum Gasteiger partial charge on any atom is 0.253 e. The van der Waals surface area contributed by atoms with Gasteiger partial charge in [-0.15, -0.1) is 0 Å². The molecule has 0 saturated heterocycles. The minimum absolute atomic E-state index is 0.174. The minimum atomic E-state index is -0.250. The van der Waals surface area contributed by atoms with E-state index >= 15 is 0 Å². The minimum Gasteiger partial charge on any atom is -0.493 e. The van der Waals surface area contributed by atoms with Crippen molar-refractivity contribution in [2.45, 2.75) is 25.3 Å². The van der Waals surface area contributed by atoms with E-state index in [-0.39, 0.29) is 17.8 Å². The number of rotatable bonds is 7. The van der Waals surface area contributed by atoms with Crippen LogP contribution < -0.4 is 10.1 Å². The van der Waals surface area contributed by atoms with Crippen LogP contribution >= 0.6 is 0 Å². The van der Waals surface area contributed by atoms with E-state index in [0.717, 1.165) is 40.8 Å². The van der Waals surface area contributed by atoms with E-state index in [1.165, 1.54) is 17.7 Å². The molecule has 4 nitrogen and oxygen atoms in total. The number of amides is 1. The van der Waals surface area contributed by atoms with Crippen molar-refractivity contribution in [1.29, 1.82) is 0 Å². The van der Waals surface area contributed by atoms with Gasteiger partial charge in [-0.1, -0.05) is 48.5 Å². The highest BCUT2D eigenvalue weighted by Crippen LogP contribution is 2.30. The number of carbonyl (C=O) groups excluding carboxylic acids is 1. The van der Waals surface area contributed by atoms with Gasteiger partial charge in [-0.05, 0) is 65.4 Å². The van der Waals surface area contributed by atoms with Crippen molar-refractivity contribution in [2.75, 3.05) is 6.61 Å². The SMILES string of the molecule is O=C(NC(CCc1ccc(F)cc1)c1ccccc1)c1cncc(-c2ccc3c(c2)CCO3)c1.